The van der Waals surface area contributed by atoms with E-state index in [0.29, 0.717) is 5.69 Å². The first-order valence-electron chi connectivity index (χ1n) is 5.96. The molecule has 0 amide bonds. The molecule has 0 radical (unpaired) electrons. The fourth-order valence-electron chi connectivity index (χ4n) is 1.57. The van der Waals surface area contributed by atoms with E-state index in [-0.39, 0.29) is 29.7 Å². The number of aromatic hydroxyl groups is 1. The summed E-state index contributed by atoms with van der Waals surface area (Å²) in [6.07, 6.45) is 1.30. The summed E-state index contributed by atoms with van der Waals surface area (Å²) in [6, 6.07) is 6.40. The molecule has 0 saturated heterocycles. The van der Waals surface area contributed by atoms with Gasteiger partial charge in [-0.1, -0.05) is 6.07 Å². The number of carbonyl (C=O) groups is 1. The number of hydrogen-bond acceptors (Lipinski definition) is 7. The third-order valence-electron chi connectivity index (χ3n) is 2.41. The van der Waals surface area contributed by atoms with Gasteiger partial charge in [-0.05, 0) is 19.1 Å². The quantitative estimate of drug-likeness (QED) is 0.727. The van der Waals surface area contributed by atoms with Crippen LogP contribution in [0.15, 0.2) is 30.5 Å². The van der Waals surface area contributed by atoms with Gasteiger partial charge in [-0.3, -0.25) is 0 Å². The number of carbonyl (C=O) groups excluding carboxylic acids is 1. The lowest BCUT2D eigenvalue weighted by Gasteiger charge is -2.10. The predicted octanol–water partition coefficient (Wildman–Crippen LogP) is 1.68. The van der Waals surface area contributed by atoms with Crippen LogP contribution >= 0.6 is 0 Å². The summed E-state index contributed by atoms with van der Waals surface area (Å²) >= 11 is 0. The molecule has 0 bridgehead atoms. The van der Waals surface area contributed by atoms with Gasteiger partial charge in [-0.2, -0.15) is 4.98 Å². The summed E-state index contributed by atoms with van der Waals surface area (Å²) in [5.41, 5.74) is 6.26. The molecule has 0 aliphatic rings. The van der Waals surface area contributed by atoms with Gasteiger partial charge in [-0.15, -0.1) is 0 Å². The number of anilines is 3. The third kappa shape index (κ3) is 3.14. The van der Waals surface area contributed by atoms with Crippen molar-refractivity contribution < 1.29 is 14.6 Å². The van der Waals surface area contributed by atoms with Crippen molar-refractivity contribution in [2.24, 2.45) is 0 Å². The molecule has 7 heteroatoms. The van der Waals surface area contributed by atoms with Gasteiger partial charge in [0, 0.05) is 18.0 Å². The Balaban J connectivity index is 2.34. The van der Waals surface area contributed by atoms with Crippen LogP contribution < -0.4 is 11.1 Å². The van der Waals surface area contributed by atoms with Crippen molar-refractivity contribution in [2.45, 2.75) is 6.92 Å². The number of nitrogens with two attached hydrogens (primary N) is 1. The van der Waals surface area contributed by atoms with Gasteiger partial charge in [0.15, 0.2) is 5.82 Å². The number of phenols is 1. The minimum Gasteiger partial charge on any atom is -0.508 e. The second kappa shape index (κ2) is 5.87. The van der Waals surface area contributed by atoms with E-state index < -0.39 is 5.97 Å². The van der Waals surface area contributed by atoms with Crippen LogP contribution in [0.1, 0.15) is 17.3 Å². The second-order valence-corrected chi connectivity index (χ2v) is 3.89. The first-order chi connectivity index (χ1) is 9.60. The Hall–Kier alpha value is -2.83. The minimum absolute atomic E-state index is 0.0284. The summed E-state index contributed by atoms with van der Waals surface area (Å²) in [5, 5.41) is 12.3. The normalized spacial score (nSPS) is 10.1. The van der Waals surface area contributed by atoms with Crippen molar-refractivity contribution in [1.29, 1.82) is 0 Å². The van der Waals surface area contributed by atoms with Gasteiger partial charge in [0.25, 0.3) is 0 Å². The van der Waals surface area contributed by atoms with E-state index in [1.54, 1.807) is 19.1 Å². The Morgan fingerprint density at radius 2 is 2.30 bits per heavy atom. The van der Waals surface area contributed by atoms with Gasteiger partial charge in [0.05, 0.1) is 6.61 Å². The number of esters is 1. The van der Waals surface area contributed by atoms with Crippen molar-refractivity contribution in [3.05, 3.63) is 36.0 Å². The van der Waals surface area contributed by atoms with E-state index in [1.165, 1.54) is 18.3 Å². The van der Waals surface area contributed by atoms with Crippen molar-refractivity contribution in [1.82, 2.24) is 9.97 Å². The summed E-state index contributed by atoms with van der Waals surface area (Å²) in [7, 11) is 0. The second-order valence-electron chi connectivity index (χ2n) is 3.89. The van der Waals surface area contributed by atoms with Crippen molar-refractivity contribution >= 4 is 23.4 Å². The maximum Gasteiger partial charge on any atom is 0.343 e. The molecular weight excluding hydrogens is 260 g/mol. The molecule has 0 spiro atoms. The van der Waals surface area contributed by atoms with Crippen LogP contribution in [0, 0.1) is 0 Å². The molecule has 0 unspecified atom stereocenters. The van der Waals surface area contributed by atoms with Crippen LogP contribution in [0.3, 0.4) is 0 Å². The number of aromatic nitrogens is 2. The van der Waals surface area contributed by atoms with E-state index >= 15 is 0 Å². The fraction of sp³-hybridized carbons (Fsp3) is 0.154. The van der Waals surface area contributed by atoms with Crippen LogP contribution in [-0.4, -0.2) is 27.7 Å². The van der Waals surface area contributed by atoms with E-state index in [9.17, 15) is 9.90 Å². The van der Waals surface area contributed by atoms with Crippen molar-refractivity contribution in [2.75, 3.05) is 17.7 Å². The van der Waals surface area contributed by atoms with Gasteiger partial charge < -0.3 is 20.9 Å². The van der Waals surface area contributed by atoms with E-state index in [2.05, 4.69) is 15.3 Å². The molecule has 1 aromatic carbocycles. The monoisotopic (exact) mass is 274 g/mol. The number of ether oxygens (including phenoxy) is 1. The number of phenolic OH excluding ortho intramolecular Hbond substituents is 1. The highest BCUT2D eigenvalue weighted by molar-refractivity contribution is 5.95. The van der Waals surface area contributed by atoms with Crippen LogP contribution in [0.5, 0.6) is 5.75 Å². The van der Waals surface area contributed by atoms with Crippen molar-refractivity contribution in [3.63, 3.8) is 0 Å². The fourth-order valence-corrected chi connectivity index (χ4v) is 1.57. The summed E-state index contributed by atoms with van der Waals surface area (Å²) in [4.78, 5) is 19.6. The van der Waals surface area contributed by atoms with Gasteiger partial charge in [0.2, 0.25) is 5.95 Å². The summed E-state index contributed by atoms with van der Waals surface area (Å²) < 4.78 is 4.92. The first kappa shape index (κ1) is 13.6. The molecule has 0 aliphatic carbocycles. The highest BCUT2D eigenvalue weighted by atomic mass is 16.5. The smallest absolute Gasteiger partial charge is 0.343 e. The zero-order valence-corrected chi connectivity index (χ0v) is 10.8. The topological polar surface area (TPSA) is 110 Å². The Morgan fingerprint density at radius 1 is 1.50 bits per heavy atom. The van der Waals surface area contributed by atoms with Crippen LogP contribution in [-0.2, 0) is 4.74 Å². The number of nitrogen functional groups attached to an aromatic ring is 1. The summed E-state index contributed by atoms with van der Waals surface area (Å²) in [5.74, 6) is -0.202. The van der Waals surface area contributed by atoms with E-state index in [1.807, 2.05) is 0 Å². The minimum atomic E-state index is -0.546. The average Bonchev–Trinajstić information content (AvgIpc) is 2.39. The van der Waals surface area contributed by atoms with E-state index in [4.69, 9.17) is 10.5 Å². The number of benzene rings is 1. The molecule has 0 saturated carbocycles. The molecule has 0 aliphatic heterocycles. The SMILES string of the molecule is CCOC(=O)c1cnc(N)nc1Nc1cccc(O)c1. The Bertz CT molecular complexity index is 631. The molecule has 4 N–H and O–H groups in total. The van der Waals surface area contributed by atoms with E-state index in [0.717, 1.165) is 0 Å². The largest absolute Gasteiger partial charge is 0.508 e. The molecule has 2 rings (SSSR count). The lowest BCUT2D eigenvalue weighted by molar-refractivity contribution is 0.0526. The lowest BCUT2D eigenvalue weighted by atomic mass is 10.2. The van der Waals surface area contributed by atoms with Crippen LogP contribution in [0.4, 0.5) is 17.5 Å². The number of rotatable bonds is 4. The zero-order valence-electron chi connectivity index (χ0n) is 10.8. The molecule has 2 aromatic rings. The average molecular weight is 274 g/mol. The molecule has 0 atom stereocenters. The summed E-state index contributed by atoms with van der Waals surface area (Å²) in [6.45, 7) is 1.95. The lowest BCUT2D eigenvalue weighted by Crippen LogP contribution is -2.11. The zero-order chi connectivity index (χ0) is 14.5. The predicted molar refractivity (Wildman–Crippen MR) is 73.8 cm³/mol. The van der Waals surface area contributed by atoms with Gasteiger partial charge in [0.1, 0.15) is 11.3 Å². The molecular formula is C13H14N4O3. The molecule has 0 fully saturated rings. The molecule has 1 heterocycles. The molecule has 7 nitrogen and oxygen atoms in total. The Morgan fingerprint density at radius 3 is 3.00 bits per heavy atom. The highest BCUT2D eigenvalue weighted by Gasteiger charge is 2.15. The molecule has 20 heavy (non-hydrogen) atoms. The Labute approximate surface area is 115 Å². The highest BCUT2D eigenvalue weighted by Crippen LogP contribution is 2.22. The standard InChI is InChI=1S/C13H14N4O3/c1-2-20-12(19)10-7-15-13(14)17-11(10)16-8-4-3-5-9(18)6-8/h3-7,18H,2H2,1H3,(H3,14,15,16,17). The van der Waals surface area contributed by atoms with Gasteiger partial charge >= 0.3 is 5.97 Å². The van der Waals surface area contributed by atoms with Gasteiger partial charge in [-0.25, -0.2) is 9.78 Å². The number of nitrogens with one attached hydrogen (secondary N) is 1. The first-order valence-corrected chi connectivity index (χ1v) is 5.96. The molecule has 104 valence electrons. The third-order valence-corrected chi connectivity index (χ3v) is 2.41. The maximum atomic E-state index is 11.8. The Kier molecular flexibility index (Phi) is 3.99. The number of hydrogen-bond donors (Lipinski definition) is 3. The van der Waals surface area contributed by atoms with Crippen LogP contribution in [0.2, 0.25) is 0 Å². The number of nitrogens with zero attached hydrogens (tertiary/aromatic N) is 2. The maximum absolute atomic E-state index is 11.8. The van der Waals surface area contributed by atoms with Crippen LogP contribution in [0.25, 0.3) is 0 Å². The molecule has 1 aromatic heterocycles. The van der Waals surface area contributed by atoms with Crippen molar-refractivity contribution in [3.8, 4) is 5.75 Å².